The minimum absolute atomic E-state index is 0. The predicted octanol–water partition coefficient (Wildman–Crippen LogP) is 0.403. The van der Waals surface area contributed by atoms with Crippen LogP contribution < -0.4 is 10.4 Å². The summed E-state index contributed by atoms with van der Waals surface area (Å²) in [4.78, 5) is 41.3. The quantitative estimate of drug-likeness (QED) is 0.336. The molecule has 0 unspecified atom stereocenters. The second-order valence-electron chi connectivity index (χ2n) is 3.65. The Labute approximate surface area is 161 Å². The van der Waals surface area contributed by atoms with Gasteiger partial charge in [-0.05, 0) is 10.4 Å². The standard InChI is InChI=1S/C12H12O2Si.Al.3HO2P/c13-15(14,11-7-3-1-4-8-11)12-9-5-2-6-10-12;;3*1-3-2/h1-10,13-14H;;3*(H,1,2)/q;+3;;;. The van der Waals surface area contributed by atoms with Gasteiger partial charge in [-0.25, -0.2) is 13.7 Å². The van der Waals surface area contributed by atoms with E-state index < -0.39 is 34.6 Å². The summed E-state index contributed by atoms with van der Waals surface area (Å²) >= 11 is 0. The molecule has 0 saturated heterocycles. The van der Waals surface area contributed by atoms with Crippen LogP contribution >= 0.6 is 26.1 Å². The van der Waals surface area contributed by atoms with Crippen molar-refractivity contribution in [1.82, 2.24) is 0 Å². The van der Waals surface area contributed by atoms with E-state index in [0.717, 1.165) is 0 Å². The molecule has 0 saturated carbocycles. The Bertz CT molecular complexity index is 521. The maximum atomic E-state index is 10.2. The molecule has 0 aliphatic carbocycles. The molecular formula is C12H15AlO8P3Si+3. The summed E-state index contributed by atoms with van der Waals surface area (Å²) in [7, 11) is -5.96. The molecule has 0 spiro atoms. The first-order valence-electron chi connectivity index (χ1n) is 5.92. The number of hydrogen-bond acceptors (Lipinski definition) is 5. The van der Waals surface area contributed by atoms with E-state index in [1.165, 1.54) is 0 Å². The molecule has 0 radical (unpaired) electrons. The Morgan fingerprint density at radius 1 is 0.600 bits per heavy atom. The van der Waals surface area contributed by atoms with Crippen LogP contribution in [0.15, 0.2) is 60.7 Å². The zero-order chi connectivity index (χ0) is 18.8. The van der Waals surface area contributed by atoms with E-state index in [0.29, 0.717) is 10.4 Å². The molecule has 0 fully saturated rings. The molecule has 0 aliphatic heterocycles. The van der Waals surface area contributed by atoms with E-state index in [2.05, 4.69) is 0 Å². The molecule has 8 nitrogen and oxygen atoms in total. The maximum absolute atomic E-state index is 10.2. The summed E-state index contributed by atoms with van der Waals surface area (Å²) in [5.74, 6) is 0. The van der Waals surface area contributed by atoms with Crippen molar-refractivity contribution in [3.8, 4) is 0 Å². The molecule has 0 bridgehead atoms. The van der Waals surface area contributed by atoms with Crippen LogP contribution in [-0.4, -0.2) is 50.2 Å². The van der Waals surface area contributed by atoms with Crippen LogP contribution in [-0.2, 0) is 13.7 Å². The van der Waals surface area contributed by atoms with Gasteiger partial charge in [0.15, 0.2) is 0 Å². The molecule has 25 heavy (non-hydrogen) atoms. The first-order chi connectivity index (χ1) is 11.5. The zero-order valence-corrected chi connectivity index (χ0v) is 17.5. The molecule has 0 amide bonds. The van der Waals surface area contributed by atoms with Gasteiger partial charge in [0, 0.05) is 0 Å². The predicted molar refractivity (Wildman–Crippen MR) is 97.6 cm³/mol. The van der Waals surface area contributed by atoms with Gasteiger partial charge >= 0.3 is 52.0 Å². The van der Waals surface area contributed by atoms with Crippen molar-refractivity contribution in [2.75, 3.05) is 0 Å². The van der Waals surface area contributed by atoms with E-state index in [1.807, 2.05) is 36.4 Å². The van der Waals surface area contributed by atoms with Gasteiger partial charge in [0.25, 0.3) is 0 Å². The van der Waals surface area contributed by atoms with Gasteiger partial charge in [0.2, 0.25) is 0 Å². The van der Waals surface area contributed by atoms with Crippen molar-refractivity contribution >= 4 is 62.4 Å². The molecule has 13 heteroatoms. The fourth-order valence-electron chi connectivity index (χ4n) is 1.51. The van der Waals surface area contributed by atoms with Crippen molar-refractivity contribution in [3.05, 3.63) is 60.7 Å². The second-order valence-corrected chi connectivity index (χ2v) is 6.64. The number of hydrogen-bond donors (Lipinski definition) is 5. The van der Waals surface area contributed by atoms with E-state index in [1.54, 1.807) is 24.3 Å². The summed E-state index contributed by atoms with van der Waals surface area (Å²) in [6.45, 7) is 0. The topological polar surface area (TPSA) is 152 Å². The molecule has 130 valence electrons. The van der Waals surface area contributed by atoms with Gasteiger partial charge in [0.05, 0.1) is 0 Å². The van der Waals surface area contributed by atoms with Crippen LogP contribution in [0.25, 0.3) is 0 Å². The second kappa shape index (κ2) is 19.6. The number of rotatable bonds is 2. The van der Waals surface area contributed by atoms with E-state index in [-0.39, 0.29) is 17.4 Å². The minimum atomic E-state index is -3.46. The Morgan fingerprint density at radius 2 is 0.800 bits per heavy atom. The van der Waals surface area contributed by atoms with Gasteiger partial charge in [-0.3, -0.25) is 0 Å². The zero-order valence-electron chi connectivity index (χ0n) is 12.7. The van der Waals surface area contributed by atoms with E-state index in [9.17, 15) is 9.59 Å². The van der Waals surface area contributed by atoms with Crippen molar-refractivity contribution < 1.29 is 38.0 Å². The Balaban J connectivity index is -0.000000412. The molecule has 0 atom stereocenters. The molecule has 2 aromatic carbocycles. The Hall–Kier alpha value is -0.711. The third-order valence-electron chi connectivity index (χ3n) is 2.35. The Morgan fingerprint density at radius 3 is 1.00 bits per heavy atom. The summed E-state index contributed by atoms with van der Waals surface area (Å²) < 4.78 is 25.4. The summed E-state index contributed by atoms with van der Waals surface area (Å²) in [6.07, 6.45) is 0. The van der Waals surface area contributed by atoms with Crippen LogP contribution in [0.2, 0.25) is 0 Å². The molecule has 5 N–H and O–H groups in total. The summed E-state index contributed by atoms with van der Waals surface area (Å²) in [6, 6.07) is 18.0. The molecule has 2 aromatic rings. The first-order valence-corrected chi connectivity index (χ1v) is 10.1. The van der Waals surface area contributed by atoms with Crippen LogP contribution in [0.5, 0.6) is 0 Å². The largest absolute Gasteiger partial charge is 3.00 e. The summed E-state index contributed by atoms with van der Waals surface area (Å²) in [5, 5.41) is 1.22. The van der Waals surface area contributed by atoms with E-state index in [4.69, 9.17) is 28.4 Å². The van der Waals surface area contributed by atoms with Crippen LogP contribution in [0.3, 0.4) is 0 Å². The van der Waals surface area contributed by atoms with Crippen LogP contribution in [0, 0.1) is 0 Å². The van der Waals surface area contributed by atoms with Crippen molar-refractivity contribution in [2.24, 2.45) is 0 Å². The van der Waals surface area contributed by atoms with Crippen molar-refractivity contribution in [3.63, 3.8) is 0 Å². The minimum Gasteiger partial charge on any atom is -0.404 e. The molecule has 0 aromatic heterocycles. The smallest absolute Gasteiger partial charge is 0.404 e. The van der Waals surface area contributed by atoms with Gasteiger partial charge in [0.1, 0.15) is 0 Å². The maximum Gasteiger partial charge on any atom is 3.00 e. The normalized spacial score (nSPS) is 9.32. The van der Waals surface area contributed by atoms with Crippen molar-refractivity contribution in [1.29, 1.82) is 0 Å². The third-order valence-corrected chi connectivity index (χ3v) is 4.63. The number of benzene rings is 2. The van der Waals surface area contributed by atoms with Crippen LogP contribution in [0.1, 0.15) is 0 Å². The molecular weight excluding hydrogens is 420 g/mol. The molecule has 0 aliphatic rings. The van der Waals surface area contributed by atoms with E-state index >= 15 is 0 Å². The fraction of sp³-hybridized carbons (Fsp3) is 0. The van der Waals surface area contributed by atoms with Gasteiger partial charge in [-0.1, -0.05) is 60.7 Å². The SMILES string of the molecule is O=PO.O=PO.O=PO.O[Si](O)(c1ccccc1)c1ccccc1.[Al+3]. The molecule has 0 heterocycles. The monoisotopic (exact) mass is 435 g/mol. The molecule has 2 rings (SSSR count). The third kappa shape index (κ3) is 14.2. The average Bonchev–Trinajstić information content (AvgIpc) is 2.59. The van der Waals surface area contributed by atoms with Gasteiger partial charge in [-0.15, -0.1) is 0 Å². The van der Waals surface area contributed by atoms with Gasteiger partial charge in [-0.2, -0.15) is 0 Å². The Kier molecular flexibility index (Phi) is 22.8. The van der Waals surface area contributed by atoms with Crippen LogP contribution in [0.4, 0.5) is 0 Å². The first kappa shape index (κ1) is 29.1. The summed E-state index contributed by atoms with van der Waals surface area (Å²) in [5.41, 5.74) is 0. The van der Waals surface area contributed by atoms with Gasteiger partial charge < -0.3 is 24.3 Å². The van der Waals surface area contributed by atoms with Crippen molar-refractivity contribution in [2.45, 2.75) is 0 Å². The fourth-order valence-corrected chi connectivity index (χ4v) is 3.16. The average molecular weight is 435 g/mol.